The van der Waals surface area contributed by atoms with Crippen molar-refractivity contribution in [1.82, 2.24) is 14.7 Å². The third-order valence-corrected chi connectivity index (χ3v) is 6.42. The number of carbonyl (C=O) groups excluding carboxylic acids is 1. The molecule has 0 aromatic rings. The molecule has 0 atom stereocenters. The van der Waals surface area contributed by atoms with Crippen LogP contribution in [0.2, 0.25) is 0 Å². The third kappa shape index (κ3) is 9.71. The van der Waals surface area contributed by atoms with E-state index in [9.17, 15) is 4.79 Å². The lowest BCUT2D eigenvalue weighted by molar-refractivity contribution is -0.133. The molecule has 2 saturated heterocycles. The van der Waals surface area contributed by atoms with Gasteiger partial charge in [-0.3, -0.25) is 4.79 Å². The predicted molar refractivity (Wildman–Crippen MR) is 117 cm³/mol. The second-order valence-corrected chi connectivity index (χ2v) is 9.36. The number of hydrogen-bond acceptors (Lipinski definition) is 4. The van der Waals surface area contributed by atoms with Crippen LogP contribution >= 0.6 is 0 Å². The fraction of sp³-hybridized carbons (Fsp3) is 0.957. The van der Waals surface area contributed by atoms with Crippen LogP contribution in [0.15, 0.2) is 0 Å². The number of amides is 1. The van der Waals surface area contributed by atoms with Gasteiger partial charge in [-0.2, -0.15) is 0 Å². The van der Waals surface area contributed by atoms with Gasteiger partial charge < -0.3 is 19.4 Å². The Labute approximate surface area is 173 Å². The van der Waals surface area contributed by atoms with Crippen molar-refractivity contribution in [1.29, 1.82) is 0 Å². The maximum atomic E-state index is 12.4. The Hall–Kier alpha value is -0.650. The molecular weight excluding hydrogens is 350 g/mol. The van der Waals surface area contributed by atoms with Crippen LogP contribution in [-0.2, 0) is 9.53 Å². The molecule has 0 aromatic carbocycles. The van der Waals surface area contributed by atoms with Crippen LogP contribution in [-0.4, -0.2) is 86.7 Å². The zero-order valence-corrected chi connectivity index (χ0v) is 18.8. The van der Waals surface area contributed by atoms with Gasteiger partial charge in [0.2, 0.25) is 5.91 Å². The lowest BCUT2D eigenvalue weighted by Gasteiger charge is -2.33. The molecule has 0 aromatic heterocycles. The quantitative estimate of drug-likeness (QED) is 0.474. The number of likely N-dealkylation sites (tertiary alicyclic amines) is 1. The molecule has 1 amide bonds. The Morgan fingerprint density at radius 1 is 0.964 bits per heavy atom. The van der Waals surface area contributed by atoms with E-state index in [0.29, 0.717) is 18.2 Å². The summed E-state index contributed by atoms with van der Waals surface area (Å²) >= 11 is 0. The first kappa shape index (κ1) is 23.6. The van der Waals surface area contributed by atoms with Crippen molar-refractivity contribution in [3.8, 4) is 0 Å². The van der Waals surface area contributed by atoms with Crippen LogP contribution in [0.4, 0.5) is 0 Å². The molecule has 0 bridgehead atoms. The molecule has 0 radical (unpaired) electrons. The van der Waals surface area contributed by atoms with E-state index in [2.05, 4.69) is 35.6 Å². The van der Waals surface area contributed by atoms with Crippen LogP contribution in [0, 0.1) is 11.8 Å². The van der Waals surface area contributed by atoms with E-state index < -0.39 is 0 Å². The number of likely N-dealkylation sites (N-methyl/N-ethyl adjacent to an activating group) is 1. The smallest absolute Gasteiger partial charge is 0.222 e. The third-order valence-electron chi connectivity index (χ3n) is 6.42. The van der Waals surface area contributed by atoms with Crippen LogP contribution in [0.25, 0.3) is 0 Å². The number of carbonyl (C=O) groups is 1. The minimum absolute atomic E-state index is 0.334. The van der Waals surface area contributed by atoms with Gasteiger partial charge in [0, 0.05) is 58.9 Å². The number of rotatable bonds is 12. The molecule has 0 saturated carbocycles. The average molecular weight is 396 g/mol. The summed E-state index contributed by atoms with van der Waals surface area (Å²) in [5.74, 6) is 1.85. The van der Waals surface area contributed by atoms with Gasteiger partial charge in [0.15, 0.2) is 0 Å². The fourth-order valence-electron chi connectivity index (χ4n) is 4.22. The average Bonchev–Trinajstić information content (AvgIpc) is 2.69. The summed E-state index contributed by atoms with van der Waals surface area (Å²) < 4.78 is 5.63. The van der Waals surface area contributed by atoms with E-state index >= 15 is 0 Å². The fourth-order valence-corrected chi connectivity index (χ4v) is 4.22. The SMILES string of the molecule is CC(C)CCOCCCC(=O)N1CCC(CCCCN2CCN(C)CC2)CC1. The number of unbranched alkanes of at least 4 members (excludes halogenated alkanes) is 1. The van der Waals surface area contributed by atoms with E-state index in [4.69, 9.17) is 4.74 Å². The first-order valence-electron chi connectivity index (χ1n) is 11.8. The molecule has 164 valence electrons. The van der Waals surface area contributed by atoms with Crippen molar-refractivity contribution in [3.63, 3.8) is 0 Å². The molecule has 2 aliphatic rings. The molecule has 2 fully saturated rings. The van der Waals surface area contributed by atoms with Crippen molar-refractivity contribution in [2.45, 2.75) is 65.2 Å². The number of nitrogens with zero attached hydrogens (tertiary/aromatic N) is 3. The summed E-state index contributed by atoms with van der Waals surface area (Å²) in [5.41, 5.74) is 0. The number of piperidine rings is 1. The second-order valence-electron chi connectivity index (χ2n) is 9.36. The van der Waals surface area contributed by atoms with Crippen LogP contribution in [0.1, 0.15) is 65.2 Å². The lowest BCUT2D eigenvalue weighted by atomic mass is 9.91. The minimum atomic E-state index is 0.334. The monoisotopic (exact) mass is 395 g/mol. The number of piperazine rings is 1. The molecule has 0 aliphatic carbocycles. The van der Waals surface area contributed by atoms with Gasteiger partial charge in [0.1, 0.15) is 0 Å². The van der Waals surface area contributed by atoms with Crippen molar-refractivity contribution in [2.75, 3.05) is 66.1 Å². The molecular formula is C23H45N3O2. The Kier molecular flexibility index (Phi) is 11.4. The highest BCUT2D eigenvalue weighted by Gasteiger charge is 2.22. The van der Waals surface area contributed by atoms with Gasteiger partial charge in [-0.1, -0.05) is 26.7 Å². The van der Waals surface area contributed by atoms with Gasteiger partial charge >= 0.3 is 0 Å². The minimum Gasteiger partial charge on any atom is -0.381 e. The zero-order chi connectivity index (χ0) is 20.2. The van der Waals surface area contributed by atoms with Gasteiger partial charge in [-0.05, 0) is 57.5 Å². The first-order chi connectivity index (χ1) is 13.5. The largest absolute Gasteiger partial charge is 0.381 e. The summed E-state index contributed by atoms with van der Waals surface area (Å²) in [6.07, 6.45) is 9.05. The van der Waals surface area contributed by atoms with Gasteiger partial charge in [-0.15, -0.1) is 0 Å². The van der Waals surface area contributed by atoms with Crippen LogP contribution in [0.3, 0.4) is 0 Å². The van der Waals surface area contributed by atoms with E-state index in [1.54, 1.807) is 0 Å². The van der Waals surface area contributed by atoms with Crippen molar-refractivity contribution in [3.05, 3.63) is 0 Å². The highest BCUT2D eigenvalue weighted by molar-refractivity contribution is 5.76. The van der Waals surface area contributed by atoms with Crippen LogP contribution < -0.4 is 0 Å². The predicted octanol–water partition coefficient (Wildman–Crippen LogP) is 3.49. The van der Waals surface area contributed by atoms with Crippen molar-refractivity contribution < 1.29 is 9.53 Å². The molecule has 5 nitrogen and oxygen atoms in total. The van der Waals surface area contributed by atoms with Gasteiger partial charge in [0.25, 0.3) is 0 Å². The Morgan fingerprint density at radius 2 is 1.68 bits per heavy atom. The Balaban J connectivity index is 1.45. The maximum Gasteiger partial charge on any atom is 0.222 e. The Bertz CT molecular complexity index is 414. The molecule has 2 heterocycles. The number of ether oxygens (including phenoxy) is 1. The molecule has 5 heteroatoms. The highest BCUT2D eigenvalue weighted by atomic mass is 16.5. The zero-order valence-electron chi connectivity index (χ0n) is 18.8. The van der Waals surface area contributed by atoms with E-state index in [1.165, 1.54) is 64.8 Å². The van der Waals surface area contributed by atoms with Crippen molar-refractivity contribution >= 4 is 5.91 Å². The van der Waals surface area contributed by atoms with Crippen molar-refractivity contribution in [2.24, 2.45) is 11.8 Å². The van der Waals surface area contributed by atoms with Crippen LogP contribution in [0.5, 0.6) is 0 Å². The lowest BCUT2D eigenvalue weighted by Crippen LogP contribution is -2.44. The van der Waals surface area contributed by atoms with E-state index in [0.717, 1.165) is 45.1 Å². The number of hydrogen-bond donors (Lipinski definition) is 0. The Morgan fingerprint density at radius 3 is 2.36 bits per heavy atom. The first-order valence-corrected chi connectivity index (χ1v) is 11.8. The summed E-state index contributed by atoms with van der Waals surface area (Å²) in [4.78, 5) is 19.5. The van der Waals surface area contributed by atoms with Gasteiger partial charge in [0.05, 0.1) is 0 Å². The topological polar surface area (TPSA) is 36.0 Å². The summed E-state index contributed by atoms with van der Waals surface area (Å²) in [5, 5.41) is 0. The highest BCUT2D eigenvalue weighted by Crippen LogP contribution is 2.23. The normalized spacial score (nSPS) is 20.2. The molecule has 0 spiro atoms. The second kappa shape index (κ2) is 13.6. The summed E-state index contributed by atoms with van der Waals surface area (Å²) in [7, 11) is 2.22. The molecule has 28 heavy (non-hydrogen) atoms. The molecule has 0 N–H and O–H groups in total. The summed E-state index contributed by atoms with van der Waals surface area (Å²) in [6, 6.07) is 0. The van der Waals surface area contributed by atoms with E-state index in [1.807, 2.05) is 0 Å². The maximum absolute atomic E-state index is 12.4. The molecule has 2 rings (SSSR count). The molecule has 0 unspecified atom stereocenters. The standard InChI is InChI=1S/C23H45N3O2/c1-21(2)11-20-28-19-6-8-23(27)26-13-9-22(10-14-26)7-4-5-12-25-17-15-24(3)16-18-25/h21-22H,4-20H2,1-3H3. The summed E-state index contributed by atoms with van der Waals surface area (Å²) in [6.45, 7) is 14.1. The molecule has 2 aliphatic heterocycles. The van der Waals surface area contributed by atoms with E-state index in [-0.39, 0.29) is 0 Å². The van der Waals surface area contributed by atoms with Gasteiger partial charge in [-0.25, -0.2) is 0 Å².